The fourth-order valence-electron chi connectivity index (χ4n) is 1.74. The molecule has 1 aliphatic rings. The van der Waals surface area contributed by atoms with Gasteiger partial charge in [-0.2, -0.15) is 4.99 Å². The minimum Gasteiger partial charge on any atom is -0.363 e. The first-order chi connectivity index (χ1) is 8.15. The molecule has 1 heterocycles. The Labute approximate surface area is 99.1 Å². The third-order valence-electron chi connectivity index (χ3n) is 2.66. The molecule has 0 spiro atoms. The lowest BCUT2D eigenvalue weighted by Gasteiger charge is -2.10. The fraction of sp³-hybridized carbons (Fsp3) is 0.333. The highest BCUT2D eigenvalue weighted by Crippen LogP contribution is 2.11. The molecule has 1 saturated heterocycles. The average molecular weight is 235 g/mol. The van der Waals surface area contributed by atoms with E-state index >= 15 is 0 Å². The summed E-state index contributed by atoms with van der Waals surface area (Å²) in [6.45, 7) is 0.933. The van der Waals surface area contributed by atoms with Gasteiger partial charge in [-0.15, -0.1) is 0 Å². The zero-order valence-corrected chi connectivity index (χ0v) is 9.61. The summed E-state index contributed by atoms with van der Waals surface area (Å²) in [6.07, 6.45) is 1.85. The van der Waals surface area contributed by atoms with Gasteiger partial charge >= 0.3 is 6.03 Å². The van der Waals surface area contributed by atoms with E-state index in [9.17, 15) is 9.18 Å². The highest BCUT2D eigenvalue weighted by atomic mass is 19.1. The molecule has 90 valence electrons. The van der Waals surface area contributed by atoms with Gasteiger partial charge in [0.15, 0.2) is 0 Å². The first kappa shape index (κ1) is 11.6. The van der Waals surface area contributed by atoms with Crippen LogP contribution in [0.3, 0.4) is 0 Å². The van der Waals surface area contributed by atoms with Crippen molar-refractivity contribution in [2.45, 2.75) is 12.8 Å². The van der Waals surface area contributed by atoms with Gasteiger partial charge in [-0.05, 0) is 30.7 Å². The summed E-state index contributed by atoms with van der Waals surface area (Å²) >= 11 is 0. The number of halogens is 1. The van der Waals surface area contributed by atoms with Crippen molar-refractivity contribution in [3.8, 4) is 0 Å². The quantitative estimate of drug-likeness (QED) is 0.812. The number of likely N-dealkylation sites (tertiary alicyclic amines) is 1. The van der Waals surface area contributed by atoms with Crippen LogP contribution in [-0.4, -0.2) is 30.4 Å². The second-order valence-electron chi connectivity index (χ2n) is 3.99. The van der Waals surface area contributed by atoms with E-state index < -0.39 is 6.03 Å². The van der Waals surface area contributed by atoms with E-state index in [1.54, 1.807) is 0 Å². The smallest absolute Gasteiger partial charge is 0.347 e. The lowest BCUT2D eigenvalue weighted by molar-refractivity contribution is 0.259. The average Bonchev–Trinajstić information content (AvgIpc) is 2.68. The van der Waals surface area contributed by atoms with Gasteiger partial charge in [-0.3, -0.25) is 0 Å². The number of nitrogens with zero attached hydrogens (tertiary/aromatic N) is 2. The van der Waals surface area contributed by atoms with Gasteiger partial charge in [-0.1, -0.05) is 0 Å². The van der Waals surface area contributed by atoms with Gasteiger partial charge in [0.2, 0.25) is 0 Å². The molecular formula is C12H14FN3O. The molecule has 0 atom stereocenters. The molecule has 0 unspecified atom stereocenters. The number of urea groups is 1. The van der Waals surface area contributed by atoms with Crippen molar-refractivity contribution in [3.05, 3.63) is 30.1 Å². The van der Waals surface area contributed by atoms with Crippen molar-refractivity contribution in [2.75, 3.05) is 18.9 Å². The number of amides is 2. The molecule has 5 heteroatoms. The second kappa shape index (κ2) is 4.95. The van der Waals surface area contributed by atoms with Gasteiger partial charge in [0.05, 0.1) is 0 Å². The normalized spacial score (nSPS) is 17.5. The Kier molecular flexibility index (Phi) is 3.37. The molecule has 0 saturated carbocycles. The zero-order chi connectivity index (χ0) is 12.3. The summed E-state index contributed by atoms with van der Waals surface area (Å²) in [4.78, 5) is 17.5. The van der Waals surface area contributed by atoms with Crippen LogP contribution in [0, 0.1) is 5.82 Å². The predicted molar refractivity (Wildman–Crippen MR) is 64.7 cm³/mol. The van der Waals surface area contributed by atoms with Crippen molar-refractivity contribution in [1.82, 2.24) is 4.90 Å². The Morgan fingerprint density at radius 2 is 2.12 bits per heavy atom. The number of amidine groups is 1. The molecule has 2 rings (SSSR count). The summed E-state index contributed by atoms with van der Waals surface area (Å²) in [5, 5.41) is 2.60. The van der Waals surface area contributed by atoms with Gasteiger partial charge in [0.1, 0.15) is 11.7 Å². The molecule has 1 fully saturated rings. The Balaban J connectivity index is 2.00. The lowest BCUT2D eigenvalue weighted by atomic mass is 10.3. The van der Waals surface area contributed by atoms with Crippen molar-refractivity contribution < 1.29 is 9.18 Å². The van der Waals surface area contributed by atoms with Crippen LogP contribution in [0.4, 0.5) is 14.9 Å². The number of carbonyl (C=O) groups excluding carboxylic acids is 1. The molecule has 1 N–H and O–H groups in total. The predicted octanol–water partition coefficient (Wildman–Crippen LogP) is 2.48. The standard InChI is InChI=1S/C12H14FN3O/c1-16-8-2-3-11(16)15-12(17)14-10-6-4-9(13)5-7-10/h4-7H,2-3,8H2,1H3,(H,14,17)/b15-11-. The van der Waals surface area contributed by atoms with E-state index in [0.29, 0.717) is 5.69 Å². The third kappa shape index (κ3) is 3.03. The highest BCUT2D eigenvalue weighted by molar-refractivity contribution is 6.00. The second-order valence-corrected chi connectivity index (χ2v) is 3.99. The number of nitrogens with one attached hydrogen (secondary N) is 1. The summed E-state index contributed by atoms with van der Waals surface area (Å²) in [7, 11) is 1.91. The number of aliphatic imine (C=N–C) groups is 1. The number of anilines is 1. The monoisotopic (exact) mass is 235 g/mol. The largest absolute Gasteiger partial charge is 0.363 e. The highest BCUT2D eigenvalue weighted by Gasteiger charge is 2.15. The Bertz CT molecular complexity index is 442. The van der Waals surface area contributed by atoms with Gasteiger partial charge in [-0.25, -0.2) is 9.18 Å². The van der Waals surface area contributed by atoms with Crippen LogP contribution in [0.25, 0.3) is 0 Å². The fourth-order valence-corrected chi connectivity index (χ4v) is 1.74. The van der Waals surface area contributed by atoms with Gasteiger partial charge < -0.3 is 10.2 Å². The summed E-state index contributed by atoms with van der Waals surface area (Å²) in [6, 6.07) is 5.19. The van der Waals surface area contributed by atoms with Crippen LogP contribution in [0.5, 0.6) is 0 Å². The molecule has 0 bridgehead atoms. The van der Waals surface area contributed by atoms with Crippen LogP contribution >= 0.6 is 0 Å². The number of rotatable bonds is 1. The number of hydrogen-bond donors (Lipinski definition) is 1. The Hall–Kier alpha value is -1.91. The molecule has 4 nitrogen and oxygen atoms in total. The minimum absolute atomic E-state index is 0.329. The van der Waals surface area contributed by atoms with E-state index in [4.69, 9.17) is 0 Å². The van der Waals surface area contributed by atoms with Gasteiger partial charge in [0.25, 0.3) is 0 Å². The topological polar surface area (TPSA) is 44.7 Å². The maximum Gasteiger partial charge on any atom is 0.347 e. The van der Waals surface area contributed by atoms with Crippen molar-refractivity contribution in [1.29, 1.82) is 0 Å². The van der Waals surface area contributed by atoms with Crippen molar-refractivity contribution >= 4 is 17.6 Å². The SMILES string of the molecule is CN1CCC/C1=N/C(=O)Nc1ccc(F)cc1. The maximum absolute atomic E-state index is 12.7. The Morgan fingerprint density at radius 1 is 1.41 bits per heavy atom. The summed E-state index contributed by atoms with van der Waals surface area (Å²) in [5.74, 6) is 0.467. The zero-order valence-electron chi connectivity index (χ0n) is 9.61. The van der Waals surface area contributed by atoms with E-state index in [0.717, 1.165) is 25.2 Å². The minimum atomic E-state index is -0.416. The first-order valence-electron chi connectivity index (χ1n) is 5.50. The van der Waals surface area contributed by atoms with Crippen molar-refractivity contribution in [2.24, 2.45) is 4.99 Å². The van der Waals surface area contributed by atoms with E-state index in [1.165, 1.54) is 24.3 Å². The van der Waals surface area contributed by atoms with Crippen LogP contribution in [0.2, 0.25) is 0 Å². The summed E-state index contributed by atoms with van der Waals surface area (Å²) in [5.41, 5.74) is 0.543. The Morgan fingerprint density at radius 3 is 2.71 bits per heavy atom. The molecule has 1 aromatic rings. The molecular weight excluding hydrogens is 221 g/mol. The van der Waals surface area contributed by atoms with Gasteiger partial charge in [0, 0.05) is 25.7 Å². The third-order valence-corrected chi connectivity index (χ3v) is 2.66. The summed E-state index contributed by atoms with van der Waals surface area (Å²) < 4.78 is 12.7. The number of hydrogen-bond acceptors (Lipinski definition) is 1. The molecule has 0 radical (unpaired) electrons. The molecule has 0 aromatic heterocycles. The number of carbonyl (C=O) groups is 1. The van der Waals surface area contributed by atoms with Crippen LogP contribution in [0.1, 0.15) is 12.8 Å². The molecule has 1 aromatic carbocycles. The van der Waals surface area contributed by atoms with E-state index in [2.05, 4.69) is 10.3 Å². The van der Waals surface area contributed by atoms with Crippen LogP contribution < -0.4 is 5.32 Å². The molecule has 17 heavy (non-hydrogen) atoms. The molecule has 1 aliphatic heterocycles. The van der Waals surface area contributed by atoms with Crippen LogP contribution in [-0.2, 0) is 0 Å². The van der Waals surface area contributed by atoms with E-state index in [-0.39, 0.29) is 5.82 Å². The first-order valence-corrected chi connectivity index (χ1v) is 5.50. The molecule has 0 aliphatic carbocycles. The number of benzene rings is 1. The lowest BCUT2D eigenvalue weighted by Crippen LogP contribution is -2.21. The molecule has 2 amide bonds. The van der Waals surface area contributed by atoms with E-state index in [1.807, 2.05) is 11.9 Å². The maximum atomic E-state index is 12.7. The van der Waals surface area contributed by atoms with Crippen molar-refractivity contribution in [3.63, 3.8) is 0 Å². The van der Waals surface area contributed by atoms with Crippen LogP contribution in [0.15, 0.2) is 29.3 Å².